The largest absolute Gasteiger partial charge is 0.416 e. The van der Waals surface area contributed by atoms with Gasteiger partial charge in [0.1, 0.15) is 5.82 Å². The van der Waals surface area contributed by atoms with Gasteiger partial charge in [-0.2, -0.15) is 13.2 Å². The summed E-state index contributed by atoms with van der Waals surface area (Å²) < 4.78 is 39.9. The summed E-state index contributed by atoms with van der Waals surface area (Å²) >= 11 is 1.05. The van der Waals surface area contributed by atoms with Crippen molar-refractivity contribution >= 4 is 40.6 Å². The van der Waals surface area contributed by atoms with Crippen LogP contribution in [0.1, 0.15) is 11.4 Å². The number of carbonyl (C=O) groups excluding carboxylic acids is 2. The number of alkyl halides is 3. The van der Waals surface area contributed by atoms with Crippen molar-refractivity contribution in [2.75, 3.05) is 16.4 Å². The Morgan fingerprint density at radius 3 is 2.38 bits per heavy atom. The van der Waals surface area contributed by atoms with Crippen molar-refractivity contribution in [3.63, 3.8) is 0 Å². The van der Waals surface area contributed by atoms with Crippen molar-refractivity contribution < 1.29 is 27.7 Å². The number of nitro groups is 1. The van der Waals surface area contributed by atoms with Crippen LogP contribution < -0.4 is 10.6 Å². The van der Waals surface area contributed by atoms with E-state index in [1.165, 1.54) is 41.0 Å². The summed E-state index contributed by atoms with van der Waals surface area (Å²) in [5, 5.41) is 23.8. The maximum Gasteiger partial charge on any atom is 0.416 e. The first-order chi connectivity index (χ1) is 16.0. The number of aromatic nitrogens is 3. The van der Waals surface area contributed by atoms with Crippen LogP contribution in [0.5, 0.6) is 0 Å². The number of carbonyl (C=O) groups is 2. The predicted molar refractivity (Wildman–Crippen MR) is 117 cm³/mol. The molecule has 0 fully saturated rings. The molecular weight excluding hydrogens is 477 g/mol. The lowest BCUT2D eigenvalue weighted by Crippen LogP contribution is -2.18. The minimum Gasteiger partial charge on any atom is -0.326 e. The molecule has 0 aliphatic carbocycles. The van der Waals surface area contributed by atoms with Crippen LogP contribution in [0.3, 0.4) is 0 Å². The number of thioether (sulfide) groups is 1. The second-order valence-electron chi connectivity index (χ2n) is 6.90. The van der Waals surface area contributed by atoms with Gasteiger partial charge in [0.05, 0.1) is 22.7 Å². The van der Waals surface area contributed by atoms with E-state index in [4.69, 9.17) is 0 Å². The SMILES string of the molecule is Cn1c(CC(=O)Nc2cccc(C(F)(F)F)c2)nnc1SCC(=O)Nc1ccc([N+](=O)[O-])cc1. The zero-order valence-electron chi connectivity index (χ0n) is 17.5. The van der Waals surface area contributed by atoms with Crippen LogP contribution in [0, 0.1) is 10.1 Å². The summed E-state index contributed by atoms with van der Waals surface area (Å²) in [5.41, 5.74) is -0.591. The summed E-state index contributed by atoms with van der Waals surface area (Å²) in [5.74, 6) is -0.755. The maximum absolute atomic E-state index is 12.8. The lowest BCUT2D eigenvalue weighted by atomic mass is 10.2. The van der Waals surface area contributed by atoms with Crippen LogP contribution in [0.2, 0.25) is 0 Å². The van der Waals surface area contributed by atoms with E-state index in [1.54, 1.807) is 7.05 Å². The molecule has 0 saturated carbocycles. The Balaban J connectivity index is 1.53. The molecule has 0 bridgehead atoms. The number of hydrogen-bond donors (Lipinski definition) is 2. The summed E-state index contributed by atoms with van der Waals surface area (Å²) in [7, 11) is 1.59. The molecule has 0 spiro atoms. The number of anilines is 2. The number of nitrogens with zero attached hydrogens (tertiary/aromatic N) is 4. The van der Waals surface area contributed by atoms with E-state index < -0.39 is 22.6 Å². The fraction of sp³-hybridized carbons (Fsp3) is 0.200. The number of nitro benzene ring substituents is 1. The molecule has 10 nitrogen and oxygen atoms in total. The molecule has 14 heteroatoms. The molecule has 2 aromatic carbocycles. The Kier molecular flexibility index (Phi) is 7.50. The lowest BCUT2D eigenvalue weighted by Gasteiger charge is -2.10. The number of hydrogen-bond acceptors (Lipinski definition) is 7. The van der Waals surface area contributed by atoms with E-state index in [-0.39, 0.29) is 35.3 Å². The van der Waals surface area contributed by atoms with Gasteiger partial charge in [0.25, 0.3) is 5.69 Å². The van der Waals surface area contributed by atoms with Crippen molar-refractivity contribution in [3.05, 3.63) is 70.0 Å². The van der Waals surface area contributed by atoms with Gasteiger partial charge in [0, 0.05) is 30.6 Å². The lowest BCUT2D eigenvalue weighted by molar-refractivity contribution is -0.384. The summed E-state index contributed by atoms with van der Waals surface area (Å²) in [6, 6.07) is 9.61. The van der Waals surface area contributed by atoms with E-state index in [0.717, 1.165) is 23.9 Å². The third kappa shape index (κ3) is 6.54. The number of non-ortho nitro benzene ring substituents is 1. The molecule has 0 aliphatic rings. The van der Waals surface area contributed by atoms with Gasteiger partial charge in [0.15, 0.2) is 5.16 Å². The Hall–Kier alpha value is -3.94. The Labute approximate surface area is 194 Å². The zero-order chi connectivity index (χ0) is 24.9. The summed E-state index contributed by atoms with van der Waals surface area (Å²) in [6.45, 7) is 0. The second-order valence-corrected chi connectivity index (χ2v) is 7.84. The standard InChI is InChI=1S/C20H17F3N6O4S/c1-28-16(10-17(30)25-14-4-2-3-12(9-14)20(21,22)23)26-27-19(28)34-11-18(31)24-13-5-7-15(8-6-13)29(32)33/h2-9H,10-11H2,1H3,(H,24,31)(H,25,30). The van der Waals surface area contributed by atoms with Gasteiger partial charge >= 0.3 is 6.18 Å². The molecular formula is C20H17F3N6O4S. The van der Waals surface area contributed by atoms with Crippen LogP contribution in [0.4, 0.5) is 30.2 Å². The number of nitrogens with one attached hydrogen (secondary N) is 2. The minimum atomic E-state index is -4.53. The van der Waals surface area contributed by atoms with Gasteiger partial charge in [-0.1, -0.05) is 17.8 Å². The number of amides is 2. The van der Waals surface area contributed by atoms with Gasteiger partial charge in [0.2, 0.25) is 11.8 Å². The first-order valence-electron chi connectivity index (χ1n) is 9.55. The first kappa shape index (κ1) is 24.7. The van der Waals surface area contributed by atoms with Gasteiger partial charge in [-0.05, 0) is 30.3 Å². The van der Waals surface area contributed by atoms with E-state index in [2.05, 4.69) is 20.8 Å². The minimum absolute atomic E-state index is 0.000456. The third-order valence-corrected chi connectivity index (χ3v) is 5.43. The number of benzene rings is 2. The topological polar surface area (TPSA) is 132 Å². The Morgan fingerprint density at radius 2 is 1.74 bits per heavy atom. The van der Waals surface area contributed by atoms with Crippen LogP contribution in [-0.2, 0) is 29.2 Å². The van der Waals surface area contributed by atoms with Gasteiger partial charge in [-0.15, -0.1) is 10.2 Å². The van der Waals surface area contributed by atoms with Crippen LogP contribution in [0.15, 0.2) is 53.7 Å². The number of rotatable bonds is 8. The highest BCUT2D eigenvalue weighted by molar-refractivity contribution is 7.99. The molecule has 0 radical (unpaired) electrons. The molecule has 3 aromatic rings. The van der Waals surface area contributed by atoms with Crippen molar-refractivity contribution in [2.24, 2.45) is 7.05 Å². The molecule has 1 aromatic heterocycles. The molecule has 1 heterocycles. The van der Waals surface area contributed by atoms with Crippen molar-refractivity contribution in [3.8, 4) is 0 Å². The highest BCUT2D eigenvalue weighted by Gasteiger charge is 2.30. The fourth-order valence-corrected chi connectivity index (χ4v) is 3.47. The van der Waals surface area contributed by atoms with Crippen molar-refractivity contribution in [1.82, 2.24) is 14.8 Å². The molecule has 0 atom stereocenters. The van der Waals surface area contributed by atoms with E-state index in [0.29, 0.717) is 10.8 Å². The van der Waals surface area contributed by atoms with Crippen LogP contribution >= 0.6 is 11.8 Å². The molecule has 178 valence electrons. The summed E-state index contributed by atoms with van der Waals surface area (Å²) in [4.78, 5) is 34.5. The average molecular weight is 494 g/mol. The van der Waals surface area contributed by atoms with E-state index in [9.17, 15) is 32.9 Å². The highest BCUT2D eigenvalue weighted by Crippen LogP contribution is 2.30. The Bertz CT molecular complexity index is 1210. The van der Waals surface area contributed by atoms with Gasteiger partial charge < -0.3 is 15.2 Å². The molecule has 3 rings (SSSR count). The van der Waals surface area contributed by atoms with Crippen molar-refractivity contribution in [2.45, 2.75) is 17.8 Å². The second kappa shape index (κ2) is 10.3. The molecule has 0 aliphatic heterocycles. The fourth-order valence-electron chi connectivity index (χ4n) is 2.74. The van der Waals surface area contributed by atoms with Gasteiger partial charge in [-0.3, -0.25) is 19.7 Å². The number of halogens is 3. The summed E-state index contributed by atoms with van der Waals surface area (Å²) in [6.07, 6.45) is -4.77. The quantitative estimate of drug-likeness (QED) is 0.278. The van der Waals surface area contributed by atoms with Crippen molar-refractivity contribution in [1.29, 1.82) is 0 Å². The first-order valence-corrected chi connectivity index (χ1v) is 10.5. The van der Waals surface area contributed by atoms with Gasteiger partial charge in [-0.25, -0.2) is 0 Å². The highest BCUT2D eigenvalue weighted by atomic mass is 32.2. The smallest absolute Gasteiger partial charge is 0.326 e. The average Bonchev–Trinajstić information content (AvgIpc) is 3.11. The molecule has 34 heavy (non-hydrogen) atoms. The van der Waals surface area contributed by atoms with Crippen LogP contribution in [0.25, 0.3) is 0 Å². The van der Waals surface area contributed by atoms with E-state index >= 15 is 0 Å². The third-order valence-electron chi connectivity index (χ3n) is 4.41. The molecule has 2 amide bonds. The normalized spacial score (nSPS) is 11.2. The zero-order valence-corrected chi connectivity index (χ0v) is 18.3. The maximum atomic E-state index is 12.8. The van der Waals surface area contributed by atoms with Crippen LogP contribution in [-0.4, -0.2) is 37.3 Å². The molecule has 0 unspecified atom stereocenters. The predicted octanol–water partition coefficient (Wildman–Crippen LogP) is 3.65. The Morgan fingerprint density at radius 1 is 1.06 bits per heavy atom. The molecule has 2 N–H and O–H groups in total. The molecule has 0 saturated heterocycles. The van der Waals surface area contributed by atoms with E-state index in [1.807, 2.05) is 0 Å². The monoisotopic (exact) mass is 494 g/mol.